The van der Waals surface area contributed by atoms with E-state index in [0.717, 1.165) is 23.0 Å². The number of fused-ring (bicyclic) bond motifs is 1. The lowest BCUT2D eigenvalue weighted by Gasteiger charge is -2.31. The second-order valence-electron chi connectivity index (χ2n) is 6.33. The first kappa shape index (κ1) is 17.3. The number of halogens is 3. The van der Waals surface area contributed by atoms with Crippen LogP contribution in [0.25, 0.3) is 5.70 Å². The molecule has 2 heterocycles. The van der Waals surface area contributed by atoms with E-state index in [9.17, 15) is 13.2 Å². The Hall–Kier alpha value is -3.15. The quantitative estimate of drug-likeness (QED) is 0.596. The molecule has 136 valence electrons. The number of anilines is 2. The molecule has 0 aliphatic carbocycles. The second-order valence-corrected chi connectivity index (χ2v) is 6.33. The Kier molecular flexibility index (Phi) is 4.18. The van der Waals surface area contributed by atoms with Crippen LogP contribution in [0.4, 0.5) is 24.8 Å². The summed E-state index contributed by atoms with van der Waals surface area (Å²) in [5, 5.41) is 0. The van der Waals surface area contributed by atoms with E-state index < -0.39 is 11.7 Å². The smallest absolute Gasteiger partial charge is 0.279 e. The van der Waals surface area contributed by atoms with E-state index in [1.807, 2.05) is 42.2 Å². The molecular formula is C21H16F3N3. The number of aryl methyl sites for hydroxylation is 1. The van der Waals surface area contributed by atoms with Gasteiger partial charge in [-0.15, -0.1) is 0 Å². The molecule has 1 aliphatic heterocycles. The summed E-state index contributed by atoms with van der Waals surface area (Å²) in [4.78, 5) is 10.7. The van der Waals surface area contributed by atoms with E-state index in [4.69, 9.17) is 0 Å². The molecule has 3 nitrogen and oxygen atoms in total. The van der Waals surface area contributed by atoms with Crippen molar-refractivity contribution in [1.29, 1.82) is 0 Å². The third kappa shape index (κ3) is 3.30. The summed E-state index contributed by atoms with van der Waals surface area (Å²) in [7, 11) is 0. The second kappa shape index (κ2) is 6.54. The van der Waals surface area contributed by atoms with E-state index in [-0.39, 0.29) is 0 Å². The zero-order valence-electron chi connectivity index (χ0n) is 14.5. The van der Waals surface area contributed by atoms with Gasteiger partial charge >= 0.3 is 6.18 Å². The van der Waals surface area contributed by atoms with Crippen molar-refractivity contribution in [3.05, 3.63) is 89.3 Å². The van der Waals surface area contributed by atoms with Gasteiger partial charge in [-0.3, -0.25) is 4.90 Å². The molecule has 0 N–H and O–H groups in total. The van der Waals surface area contributed by atoms with E-state index in [1.54, 1.807) is 18.3 Å². The molecule has 0 atom stereocenters. The van der Waals surface area contributed by atoms with Crippen LogP contribution in [0.15, 0.2) is 66.9 Å². The van der Waals surface area contributed by atoms with Gasteiger partial charge in [-0.25, -0.2) is 9.97 Å². The fourth-order valence-electron chi connectivity index (χ4n) is 3.19. The average molecular weight is 367 g/mol. The van der Waals surface area contributed by atoms with Crippen molar-refractivity contribution in [2.24, 2.45) is 0 Å². The number of allylic oxidation sites excluding steroid dienone is 1. The Labute approximate surface area is 154 Å². The normalized spacial score (nSPS) is 13.9. The third-order valence-electron chi connectivity index (χ3n) is 4.46. The summed E-state index contributed by atoms with van der Waals surface area (Å²) in [5.74, 6) is 0.436. The molecule has 0 bridgehead atoms. The SMILES string of the molecule is Cc1ccnc(N2C(c3cccc(C(F)(F)F)c3)=CCc3ccccc32)n1. The van der Waals surface area contributed by atoms with Crippen molar-refractivity contribution in [1.82, 2.24) is 9.97 Å². The maximum atomic E-state index is 13.2. The van der Waals surface area contributed by atoms with Gasteiger partial charge in [0, 0.05) is 11.9 Å². The number of para-hydroxylation sites is 1. The van der Waals surface area contributed by atoms with Crippen LogP contribution in [-0.4, -0.2) is 9.97 Å². The van der Waals surface area contributed by atoms with Gasteiger partial charge in [0.05, 0.1) is 16.9 Å². The summed E-state index contributed by atoms with van der Waals surface area (Å²) < 4.78 is 39.6. The van der Waals surface area contributed by atoms with Crippen LogP contribution in [0, 0.1) is 6.92 Å². The molecule has 1 aromatic heterocycles. The third-order valence-corrected chi connectivity index (χ3v) is 4.46. The van der Waals surface area contributed by atoms with Crippen molar-refractivity contribution < 1.29 is 13.2 Å². The lowest BCUT2D eigenvalue weighted by Crippen LogP contribution is -2.23. The highest BCUT2D eigenvalue weighted by molar-refractivity contribution is 5.89. The van der Waals surface area contributed by atoms with Gasteiger partial charge in [0.15, 0.2) is 0 Å². The lowest BCUT2D eigenvalue weighted by atomic mass is 9.98. The predicted molar refractivity (Wildman–Crippen MR) is 98.5 cm³/mol. The van der Waals surface area contributed by atoms with E-state index in [0.29, 0.717) is 23.6 Å². The molecule has 0 saturated carbocycles. The number of hydrogen-bond donors (Lipinski definition) is 0. The highest BCUT2D eigenvalue weighted by atomic mass is 19.4. The van der Waals surface area contributed by atoms with Crippen LogP contribution in [0.1, 0.15) is 22.4 Å². The van der Waals surface area contributed by atoms with Gasteiger partial charge in [0.2, 0.25) is 5.95 Å². The van der Waals surface area contributed by atoms with Crippen LogP contribution in [0.2, 0.25) is 0 Å². The number of alkyl halides is 3. The fraction of sp³-hybridized carbons (Fsp3) is 0.143. The molecule has 4 rings (SSSR count). The summed E-state index contributed by atoms with van der Waals surface area (Å²) >= 11 is 0. The highest BCUT2D eigenvalue weighted by Crippen LogP contribution is 2.40. The molecule has 6 heteroatoms. The summed E-state index contributed by atoms with van der Waals surface area (Å²) in [6, 6.07) is 14.9. The van der Waals surface area contributed by atoms with E-state index in [2.05, 4.69) is 9.97 Å². The first-order valence-corrected chi connectivity index (χ1v) is 8.49. The van der Waals surface area contributed by atoms with Crippen molar-refractivity contribution in [2.75, 3.05) is 4.90 Å². The van der Waals surface area contributed by atoms with Crippen LogP contribution in [0.3, 0.4) is 0 Å². The number of hydrogen-bond acceptors (Lipinski definition) is 3. The maximum absolute atomic E-state index is 13.2. The Morgan fingerprint density at radius 1 is 1.00 bits per heavy atom. The Bertz CT molecular complexity index is 1020. The van der Waals surface area contributed by atoms with E-state index in [1.165, 1.54) is 12.1 Å². The monoisotopic (exact) mass is 367 g/mol. The Balaban J connectivity index is 1.88. The molecule has 0 spiro atoms. The minimum atomic E-state index is -4.40. The van der Waals surface area contributed by atoms with Gasteiger partial charge in [-0.1, -0.05) is 36.4 Å². The number of rotatable bonds is 2. The molecular weight excluding hydrogens is 351 g/mol. The first-order valence-electron chi connectivity index (χ1n) is 8.49. The van der Waals surface area contributed by atoms with Gasteiger partial charge in [0.25, 0.3) is 0 Å². The molecule has 1 aliphatic rings. The minimum Gasteiger partial charge on any atom is -0.279 e. The van der Waals surface area contributed by atoms with Crippen molar-refractivity contribution >= 4 is 17.3 Å². The summed E-state index contributed by atoms with van der Waals surface area (Å²) in [5.41, 5.74) is 3.17. The molecule has 0 fully saturated rings. The minimum absolute atomic E-state index is 0.436. The Morgan fingerprint density at radius 3 is 2.59 bits per heavy atom. The summed E-state index contributed by atoms with van der Waals surface area (Å²) in [6.45, 7) is 1.86. The zero-order valence-corrected chi connectivity index (χ0v) is 14.5. The molecule has 0 saturated heterocycles. The number of nitrogens with zero attached hydrogens (tertiary/aromatic N) is 3. The van der Waals surface area contributed by atoms with Crippen molar-refractivity contribution in [2.45, 2.75) is 19.5 Å². The van der Waals surface area contributed by atoms with Crippen LogP contribution in [0.5, 0.6) is 0 Å². The van der Waals surface area contributed by atoms with Crippen molar-refractivity contribution in [3.63, 3.8) is 0 Å². The van der Waals surface area contributed by atoms with Crippen LogP contribution >= 0.6 is 0 Å². The Morgan fingerprint density at radius 2 is 1.81 bits per heavy atom. The zero-order chi connectivity index (χ0) is 19.0. The fourth-order valence-corrected chi connectivity index (χ4v) is 3.19. The van der Waals surface area contributed by atoms with Gasteiger partial charge in [-0.2, -0.15) is 13.2 Å². The largest absolute Gasteiger partial charge is 0.416 e. The van der Waals surface area contributed by atoms with Crippen molar-refractivity contribution in [3.8, 4) is 0 Å². The lowest BCUT2D eigenvalue weighted by molar-refractivity contribution is -0.137. The predicted octanol–water partition coefficient (Wildman–Crippen LogP) is 5.54. The number of benzene rings is 2. The topological polar surface area (TPSA) is 29.0 Å². The average Bonchev–Trinajstić information content (AvgIpc) is 2.66. The van der Waals surface area contributed by atoms with Gasteiger partial charge in [0.1, 0.15) is 0 Å². The molecule has 0 unspecified atom stereocenters. The van der Waals surface area contributed by atoms with Gasteiger partial charge in [-0.05, 0) is 48.7 Å². The molecule has 0 amide bonds. The first-order chi connectivity index (χ1) is 12.9. The standard InChI is InChI=1S/C21H16F3N3/c1-14-11-12-25-20(26-14)27-18-8-3-2-5-15(18)9-10-19(27)16-6-4-7-17(13-16)21(22,23)24/h2-8,10-13H,9H2,1H3. The van der Waals surface area contributed by atoms with Crippen LogP contribution in [-0.2, 0) is 12.6 Å². The summed E-state index contributed by atoms with van der Waals surface area (Å²) in [6.07, 6.45) is -0.194. The molecule has 2 aromatic carbocycles. The molecule has 27 heavy (non-hydrogen) atoms. The van der Waals surface area contributed by atoms with Gasteiger partial charge < -0.3 is 0 Å². The van der Waals surface area contributed by atoms with Crippen LogP contribution < -0.4 is 4.90 Å². The maximum Gasteiger partial charge on any atom is 0.416 e. The number of aromatic nitrogens is 2. The van der Waals surface area contributed by atoms with E-state index >= 15 is 0 Å². The highest BCUT2D eigenvalue weighted by Gasteiger charge is 2.32. The molecule has 0 radical (unpaired) electrons. The molecule has 3 aromatic rings.